The van der Waals surface area contributed by atoms with Crippen LogP contribution in [-0.2, 0) is 23.9 Å². The predicted molar refractivity (Wildman–Crippen MR) is 137 cm³/mol. The van der Waals surface area contributed by atoms with Crippen LogP contribution < -0.4 is 15.8 Å². The van der Waals surface area contributed by atoms with Crippen LogP contribution in [0.3, 0.4) is 0 Å². The van der Waals surface area contributed by atoms with E-state index in [1.54, 1.807) is 13.8 Å². The van der Waals surface area contributed by atoms with Crippen molar-refractivity contribution in [2.24, 2.45) is 5.16 Å². The van der Waals surface area contributed by atoms with Crippen LogP contribution in [0.4, 0.5) is 4.79 Å². The van der Waals surface area contributed by atoms with E-state index in [-0.39, 0.29) is 40.4 Å². The number of benzene rings is 1. The van der Waals surface area contributed by atoms with E-state index in [2.05, 4.69) is 11.1 Å². The number of hydrogen-bond acceptors (Lipinski definition) is 12. The summed E-state index contributed by atoms with van der Waals surface area (Å²) in [5.74, 6) is 2.03. The van der Waals surface area contributed by atoms with Crippen molar-refractivity contribution in [3.05, 3.63) is 33.7 Å². The maximum atomic E-state index is 12.7. The number of aliphatic hydroxyl groups excluding tert-OH is 1. The molecule has 0 unspecified atom stereocenters. The highest BCUT2D eigenvalue weighted by molar-refractivity contribution is 6.04. The topological polar surface area (TPSA) is 168 Å². The van der Waals surface area contributed by atoms with Crippen molar-refractivity contribution in [2.75, 3.05) is 20.8 Å². The van der Waals surface area contributed by atoms with E-state index in [0.717, 1.165) is 0 Å². The van der Waals surface area contributed by atoms with E-state index in [4.69, 9.17) is 39.5 Å². The maximum absolute atomic E-state index is 12.7. The molecule has 0 aliphatic carbocycles. The van der Waals surface area contributed by atoms with Crippen molar-refractivity contribution in [1.82, 2.24) is 5.48 Å². The predicted octanol–water partition coefficient (Wildman–Crippen LogP) is 2.12. The smallest absolute Gasteiger partial charge is 0.431 e. The molecule has 0 saturated carbocycles. The third-order valence-electron chi connectivity index (χ3n) is 6.49. The van der Waals surface area contributed by atoms with Gasteiger partial charge in [-0.3, -0.25) is 4.84 Å². The molecule has 2 heterocycles. The molecule has 3 rings (SSSR count). The zero-order valence-corrected chi connectivity index (χ0v) is 22.5. The molecule has 13 nitrogen and oxygen atoms in total. The van der Waals surface area contributed by atoms with E-state index >= 15 is 0 Å². The van der Waals surface area contributed by atoms with Crippen LogP contribution in [-0.4, -0.2) is 73.0 Å². The minimum Gasteiger partial charge on any atom is -0.506 e. The molecular formula is C26H32N2O11. The van der Waals surface area contributed by atoms with Crippen LogP contribution in [0.15, 0.2) is 26.5 Å². The molecule has 1 fully saturated rings. The molecule has 3 N–H and O–H groups in total. The number of hydroxylamine groups is 1. The Bertz CT molecular complexity index is 1330. The number of ether oxygens (including phenoxy) is 4. The average Bonchev–Trinajstić information content (AvgIpc) is 2.89. The van der Waals surface area contributed by atoms with E-state index in [1.807, 2.05) is 12.4 Å². The molecule has 13 heteroatoms. The zero-order valence-electron chi connectivity index (χ0n) is 22.5. The second-order valence-electron chi connectivity index (χ2n) is 8.92. The Labute approximate surface area is 224 Å². The normalized spacial score (nSPS) is 25.1. The number of aromatic hydroxyl groups is 1. The number of nitrogens with one attached hydrogen (secondary N) is 1. The number of hydrogen-bond donors (Lipinski definition) is 3. The number of rotatable bonds is 9. The first-order valence-corrected chi connectivity index (χ1v) is 12.0. The SMILES string of the molecule is C#CCONC(=O)O[C@H]1[C@@H](O)[C@H](Oc2ccc3c(O)c(/C(C)=N/OC)c(=O)oc3c2C)O[C@@](C)(CC)[C@@H]1OC. The highest BCUT2D eigenvalue weighted by Crippen LogP contribution is 2.39. The summed E-state index contributed by atoms with van der Waals surface area (Å²) in [6.07, 6.45) is -0.466. The van der Waals surface area contributed by atoms with Crippen LogP contribution in [0, 0.1) is 19.3 Å². The van der Waals surface area contributed by atoms with Gasteiger partial charge in [-0.05, 0) is 39.3 Å². The van der Waals surface area contributed by atoms with E-state index in [0.29, 0.717) is 12.0 Å². The molecular weight excluding hydrogens is 516 g/mol. The Morgan fingerprint density at radius 1 is 1.33 bits per heavy atom. The third-order valence-corrected chi connectivity index (χ3v) is 6.49. The van der Waals surface area contributed by atoms with Crippen LogP contribution in [0.2, 0.25) is 0 Å². The van der Waals surface area contributed by atoms with Gasteiger partial charge < -0.3 is 38.4 Å². The Kier molecular flexibility index (Phi) is 9.41. The summed E-state index contributed by atoms with van der Waals surface area (Å²) in [7, 11) is 2.71. The Balaban J connectivity index is 1.97. The van der Waals surface area contributed by atoms with Crippen molar-refractivity contribution < 1.29 is 48.0 Å². The second kappa shape index (κ2) is 12.4. The number of aryl methyl sites for hydroxylation is 1. The quantitative estimate of drug-likeness (QED) is 0.138. The lowest BCUT2D eigenvalue weighted by atomic mass is 9.86. The monoisotopic (exact) mass is 548 g/mol. The average molecular weight is 549 g/mol. The molecule has 39 heavy (non-hydrogen) atoms. The van der Waals surface area contributed by atoms with Gasteiger partial charge in [-0.2, -0.15) is 5.48 Å². The van der Waals surface area contributed by atoms with E-state index < -0.39 is 41.9 Å². The van der Waals surface area contributed by atoms with Crippen molar-refractivity contribution in [3.63, 3.8) is 0 Å². The fourth-order valence-corrected chi connectivity index (χ4v) is 4.38. The Morgan fingerprint density at radius 3 is 2.67 bits per heavy atom. The second-order valence-corrected chi connectivity index (χ2v) is 8.92. The number of nitrogens with zero attached hydrogens (tertiary/aromatic N) is 1. The molecule has 0 radical (unpaired) electrons. The summed E-state index contributed by atoms with van der Waals surface area (Å²) < 4.78 is 28.6. The van der Waals surface area contributed by atoms with Gasteiger partial charge in [0.1, 0.15) is 42.5 Å². The summed E-state index contributed by atoms with van der Waals surface area (Å²) in [5.41, 5.74) is 0.538. The van der Waals surface area contributed by atoms with Crippen molar-refractivity contribution in [2.45, 2.75) is 64.3 Å². The lowest BCUT2D eigenvalue weighted by Gasteiger charge is -2.48. The molecule has 1 aliphatic heterocycles. The highest BCUT2D eigenvalue weighted by Gasteiger charge is 2.54. The van der Waals surface area contributed by atoms with Gasteiger partial charge in [-0.15, -0.1) is 6.42 Å². The minimum atomic E-state index is -1.52. The zero-order chi connectivity index (χ0) is 28.9. The van der Waals surface area contributed by atoms with Crippen LogP contribution >= 0.6 is 0 Å². The van der Waals surface area contributed by atoms with Gasteiger partial charge in [0.2, 0.25) is 6.29 Å². The number of oxime groups is 1. The van der Waals surface area contributed by atoms with Crippen LogP contribution in [0.25, 0.3) is 11.0 Å². The van der Waals surface area contributed by atoms with Crippen molar-refractivity contribution in [1.29, 1.82) is 0 Å². The van der Waals surface area contributed by atoms with E-state index in [1.165, 1.54) is 33.3 Å². The first-order valence-electron chi connectivity index (χ1n) is 12.0. The largest absolute Gasteiger partial charge is 0.506 e. The molecule has 1 aliphatic rings. The number of aliphatic hydroxyl groups is 1. The van der Waals surface area contributed by atoms with Gasteiger partial charge >= 0.3 is 11.7 Å². The van der Waals surface area contributed by atoms with Gasteiger partial charge in [0.15, 0.2) is 12.2 Å². The standard InChI is InChI=1S/C26H32N2O11/c1-8-12-35-28-25(32)38-21-19(30)24(39-26(5,9-2)22(21)33-6)36-16-11-10-15-18(29)17(14(4)27-34-7)23(31)37-20(15)13(16)3/h1,10-11,19,21-22,24,29-30H,9,12H2,2-7H3,(H,28,32)/b27-14+/t19-,21+,22-,24-,26+/m1/s1. The number of methoxy groups -OCH3 is 1. The van der Waals surface area contributed by atoms with Gasteiger partial charge in [0.05, 0.1) is 16.7 Å². The molecule has 0 spiro atoms. The minimum absolute atomic E-state index is 0.0557. The van der Waals surface area contributed by atoms with E-state index in [9.17, 15) is 19.8 Å². The van der Waals surface area contributed by atoms with Gasteiger partial charge in [-0.25, -0.2) is 9.59 Å². The molecule has 2 aromatic rings. The molecule has 1 aromatic heterocycles. The molecule has 5 atom stereocenters. The fourth-order valence-electron chi connectivity index (χ4n) is 4.38. The lowest BCUT2D eigenvalue weighted by Crippen LogP contribution is -2.66. The lowest BCUT2D eigenvalue weighted by molar-refractivity contribution is -0.311. The summed E-state index contributed by atoms with van der Waals surface area (Å²) >= 11 is 0. The molecule has 0 bridgehead atoms. The molecule has 212 valence electrons. The van der Waals surface area contributed by atoms with Crippen LogP contribution in [0.5, 0.6) is 11.5 Å². The molecule has 1 amide bonds. The molecule has 1 aromatic carbocycles. The number of amides is 1. The summed E-state index contributed by atoms with van der Waals surface area (Å²) in [4.78, 5) is 34.4. The summed E-state index contributed by atoms with van der Waals surface area (Å²) in [6, 6.07) is 3.00. The Morgan fingerprint density at radius 2 is 2.05 bits per heavy atom. The first-order chi connectivity index (χ1) is 18.5. The maximum Gasteiger partial charge on any atom is 0.431 e. The van der Waals surface area contributed by atoms with Crippen molar-refractivity contribution in [3.8, 4) is 23.8 Å². The fraction of sp³-hybridized carbons (Fsp3) is 0.500. The number of terminal acetylenes is 1. The Hall–Kier alpha value is -3.83. The van der Waals surface area contributed by atoms with Crippen LogP contribution in [0.1, 0.15) is 38.3 Å². The highest BCUT2D eigenvalue weighted by atomic mass is 16.7. The number of fused-ring (bicyclic) bond motifs is 1. The van der Waals surface area contributed by atoms with Crippen molar-refractivity contribution >= 4 is 22.8 Å². The first kappa shape index (κ1) is 29.7. The third kappa shape index (κ3) is 5.94. The number of carbonyl (C=O) groups is 1. The summed E-state index contributed by atoms with van der Waals surface area (Å²) in [5, 5.41) is 25.8. The number of carbonyl (C=O) groups excluding carboxylic acids is 1. The summed E-state index contributed by atoms with van der Waals surface area (Å²) in [6.45, 7) is 6.46. The van der Waals surface area contributed by atoms with Gasteiger partial charge in [-0.1, -0.05) is 18.0 Å². The van der Waals surface area contributed by atoms with Gasteiger partial charge in [0, 0.05) is 12.7 Å². The molecule has 1 saturated heterocycles. The van der Waals surface area contributed by atoms with Gasteiger partial charge in [0.25, 0.3) is 0 Å².